The molecule has 3 nitrogen and oxygen atoms in total. The lowest BCUT2D eigenvalue weighted by Gasteiger charge is -2.05. The first-order valence-electron chi connectivity index (χ1n) is 2.72. The highest BCUT2D eigenvalue weighted by atomic mass is 79.9. The number of rotatable bonds is 1. The molecule has 0 fully saturated rings. The molecule has 0 aromatic carbocycles. The van der Waals surface area contributed by atoms with Crippen molar-refractivity contribution < 1.29 is 17.9 Å². The highest BCUT2D eigenvalue weighted by molar-refractivity contribution is 9.10. The molecule has 7 heteroatoms. The molecule has 0 aliphatic heterocycles. The van der Waals surface area contributed by atoms with E-state index in [1.165, 1.54) is 6.07 Å². The van der Waals surface area contributed by atoms with Gasteiger partial charge in [-0.3, -0.25) is 0 Å². The third-order valence-corrected chi connectivity index (χ3v) is 1.25. The molecule has 66 valence electrons. The standard InChI is InChI=1S/C5H2BrF3N2O/c6-3-1-2-4(11-10-3)12-5(7,8)9/h1-2H. The molecule has 0 saturated heterocycles. The van der Waals surface area contributed by atoms with Crippen LogP contribution in [0.15, 0.2) is 16.7 Å². The first kappa shape index (κ1) is 9.24. The summed E-state index contributed by atoms with van der Waals surface area (Å²) in [5, 5.41) is 6.43. The lowest BCUT2D eigenvalue weighted by atomic mass is 10.6. The van der Waals surface area contributed by atoms with E-state index in [0.29, 0.717) is 4.60 Å². The first-order valence-corrected chi connectivity index (χ1v) is 3.52. The molecule has 0 N–H and O–H groups in total. The highest BCUT2D eigenvalue weighted by Gasteiger charge is 2.31. The molecule has 12 heavy (non-hydrogen) atoms. The lowest BCUT2D eigenvalue weighted by Crippen LogP contribution is -2.18. The molecular formula is C5H2BrF3N2O. The van der Waals surface area contributed by atoms with Crippen LogP contribution < -0.4 is 4.74 Å². The van der Waals surface area contributed by atoms with Crippen LogP contribution in [0, 0.1) is 0 Å². The van der Waals surface area contributed by atoms with Crippen LogP contribution in [0.25, 0.3) is 0 Å². The summed E-state index contributed by atoms with van der Waals surface area (Å²) in [6.45, 7) is 0. The van der Waals surface area contributed by atoms with Crippen molar-refractivity contribution in [2.45, 2.75) is 6.36 Å². The maximum absolute atomic E-state index is 11.5. The third-order valence-electron chi connectivity index (χ3n) is 0.828. The van der Waals surface area contributed by atoms with E-state index in [1.54, 1.807) is 0 Å². The molecule has 0 atom stereocenters. The van der Waals surface area contributed by atoms with Crippen molar-refractivity contribution in [2.24, 2.45) is 0 Å². The molecule has 0 aliphatic rings. The van der Waals surface area contributed by atoms with Gasteiger partial charge in [-0.2, -0.15) is 0 Å². The maximum Gasteiger partial charge on any atom is 0.574 e. The number of hydrogen-bond acceptors (Lipinski definition) is 3. The van der Waals surface area contributed by atoms with Gasteiger partial charge in [0.25, 0.3) is 0 Å². The van der Waals surface area contributed by atoms with Crippen LogP contribution in [-0.2, 0) is 0 Å². The van der Waals surface area contributed by atoms with Gasteiger partial charge < -0.3 is 4.74 Å². The van der Waals surface area contributed by atoms with Crippen LogP contribution in [0.2, 0.25) is 0 Å². The summed E-state index contributed by atoms with van der Waals surface area (Å²) in [6, 6.07) is 2.36. The van der Waals surface area contributed by atoms with Gasteiger partial charge in [0.1, 0.15) is 4.60 Å². The third kappa shape index (κ3) is 3.04. The Morgan fingerprint density at radius 2 is 1.92 bits per heavy atom. The van der Waals surface area contributed by atoms with Crippen LogP contribution in [0.5, 0.6) is 5.88 Å². The zero-order valence-electron chi connectivity index (χ0n) is 5.47. The van der Waals surface area contributed by atoms with E-state index in [2.05, 4.69) is 30.9 Å². The van der Waals surface area contributed by atoms with Gasteiger partial charge in [0.15, 0.2) is 0 Å². The molecule has 0 amide bonds. The number of aromatic nitrogens is 2. The van der Waals surface area contributed by atoms with E-state index in [0.717, 1.165) is 6.07 Å². The average Bonchev–Trinajstić information content (AvgIpc) is 1.91. The second-order valence-corrected chi connectivity index (χ2v) is 2.55. The van der Waals surface area contributed by atoms with E-state index >= 15 is 0 Å². The monoisotopic (exact) mass is 242 g/mol. The Labute approximate surface area is 73.7 Å². The fourth-order valence-electron chi connectivity index (χ4n) is 0.477. The quantitative estimate of drug-likeness (QED) is 0.757. The Hall–Kier alpha value is -0.850. The second-order valence-electron chi connectivity index (χ2n) is 1.74. The largest absolute Gasteiger partial charge is 0.574 e. The number of alkyl halides is 3. The summed E-state index contributed by atoms with van der Waals surface area (Å²) in [5.74, 6) is -0.578. The zero-order chi connectivity index (χ0) is 9.19. The average molecular weight is 243 g/mol. The lowest BCUT2D eigenvalue weighted by molar-refractivity contribution is -0.276. The zero-order valence-corrected chi connectivity index (χ0v) is 7.06. The fraction of sp³-hybridized carbons (Fsp3) is 0.200. The first-order chi connectivity index (χ1) is 5.47. The molecule has 1 rings (SSSR count). The van der Waals surface area contributed by atoms with E-state index in [1.807, 2.05) is 0 Å². The molecule has 0 bridgehead atoms. The summed E-state index contributed by atoms with van der Waals surface area (Å²) in [5.41, 5.74) is 0. The summed E-state index contributed by atoms with van der Waals surface area (Å²) in [7, 11) is 0. The summed E-state index contributed by atoms with van der Waals surface area (Å²) >= 11 is 2.91. The Morgan fingerprint density at radius 1 is 1.25 bits per heavy atom. The van der Waals surface area contributed by atoms with E-state index < -0.39 is 12.2 Å². The Kier molecular flexibility index (Phi) is 2.51. The molecule has 0 radical (unpaired) electrons. The summed E-state index contributed by atoms with van der Waals surface area (Å²) in [4.78, 5) is 0. The summed E-state index contributed by atoms with van der Waals surface area (Å²) < 4.78 is 38.4. The van der Waals surface area contributed by atoms with Crippen LogP contribution >= 0.6 is 15.9 Å². The molecule has 1 aromatic heterocycles. The van der Waals surface area contributed by atoms with Crippen molar-refractivity contribution in [1.82, 2.24) is 10.2 Å². The molecule has 1 heterocycles. The number of nitrogens with zero attached hydrogens (tertiary/aromatic N) is 2. The van der Waals surface area contributed by atoms with Crippen LogP contribution in [-0.4, -0.2) is 16.6 Å². The highest BCUT2D eigenvalue weighted by Crippen LogP contribution is 2.20. The Morgan fingerprint density at radius 3 is 2.33 bits per heavy atom. The molecular weight excluding hydrogens is 241 g/mol. The van der Waals surface area contributed by atoms with Gasteiger partial charge in [0.05, 0.1) is 0 Å². The normalized spacial score (nSPS) is 11.3. The fourth-order valence-corrected chi connectivity index (χ4v) is 0.688. The number of hydrogen-bond donors (Lipinski definition) is 0. The number of halogens is 4. The van der Waals surface area contributed by atoms with Crippen LogP contribution in [0.1, 0.15) is 0 Å². The topological polar surface area (TPSA) is 35.0 Å². The van der Waals surface area contributed by atoms with Crippen LogP contribution in [0.3, 0.4) is 0 Å². The van der Waals surface area contributed by atoms with Crippen molar-refractivity contribution in [3.63, 3.8) is 0 Å². The van der Waals surface area contributed by atoms with Gasteiger partial charge in [0.2, 0.25) is 5.88 Å². The van der Waals surface area contributed by atoms with Crippen molar-refractivity contribution in [2.75, 3.05) is 0 Å². The Bertz CT molecular complexity index is 260. The minimum Gasteiger partial charge on any atom is -0.386 e. The van der Waals surface area contributed by atoms with Gasteiger partial charge in [-0.1, -0.05) is 0 Å². The van der Waals surface area contributed by atoms with Crippen molar-refractivity contribution in [3.8, 4) is 5.88 Å². The SMILES string of the molecule is FC(F)(F)Oc1ccc(Br)nn1. The molecule has 0 spiro atoms. The van der Waals surface area contributed by atoms with Gasteiger partial charge in [-0.05, 0) is 22.0 Å². The maximum atomic E-state index is 11.5. The van der Waals surface area contributed by atoms with E-state index in [4.69, 9.17) is 0 Å². The predicted molar refractivity (Wildman–Crippen MR) is 36.4 cm³/mol. The molecule has 0 unspecified atom stereocenters. The Balaban J connectivity index is 2.71. The summed E-state index contributed by atoms with van der Waals surface area (Å²) in [6.07, 6.45) is -4.72. The molecule has 0 aliphatic carbocycles. The molecule has 0 saturated carbocycles. The van der Waals surface area contributed by atoms with E-state index in [-0.39, 0.29) is 0 Å². The van der Waals surface area contributed by atoms with Crippen molar-refractivity contribution in [1.29, 1.82) is 0 Å². The minimum atomic E-state index is -4.72. The predicted octanol–water partition coefficient (Wildman–Crippen LogP) is 2.14. The minimum absolute atomic E-state index is 0.344. The van der Waals surface area contributed by atoms with Gasteiger partial charge in [-0.25, -0.2) is 0 Å². The van der Waals surface area contributed by atoms with Crippen molar-refractivity contribution in [3.05, 3.63) is 16.7 Å². The van der Waals surface area contributed by atoms with Crippen LogP contribution in [0.4, 0.5) is 13.2 Å². The smallest absolute Gasteiger partial charge is 0.386 e. The second kappa shape index (κ2) is 3.26. The van der Waals surface area contributed by atoms with Gasteiger partial charge >= 0.3 is 6.36 Å². The van der Waals surface area contributed by atoms with Gasteiger partial charge in [-0.15, -0.1) is 23.4 Å². The van der Waals surface area contributed by atoms with Crippen molar-refractivity contribution >= 4 is 15.9 Å². The van der Waals surface area contributed by atoms with E-state index in [9.17, 15) is 13.2 Å². The number of ether oxygens (including phenoxy) is 1. The molecule has 1 aromatic rings. The van der Waals surface area contributed by atoms with Gasteiger partial charge in [0, 0.05) is 6.07 Å².